The Hall–Kier alpha value is -0.530. The first-order valence-electron chi connectivity index (χ1n) is 2.52. The molecule has 1 N–H and O–H groups in total. The van der Waals surface area contributed by atoms with Crippen molar-refractivity contribution in [3.8, 4) is 0 Å². The van der Waals surface area contributed by atoms with Crippen molar-refractivity contribution in [2.75, 3.05) is 7.05 Å². The van der Waals surface area contributed by atoms with Crippen molar-refractivity contribution in [2.45, 2.75) is 19.3 Å². The van der Waals surface area contributed by atoms with E-state index in [-0.39, 0.29) is 0 Å². The van der Waals surface area contributed by atoms with Crippen LogP contribution in [0.1, 0.15) is 19.3 Å². The summed E-state index contributed by atoms with van der Waals surface area (Å²) in [5.74, 6) is 0. The average molecular weight is 101 g/mol. The van der Waals surface area contributed by atoms with E-state index in [0.29, 0.717) is 6.41 Å². The predicted molar refractivity (Wildman–Crippen MR) is 29.0 cm³/mol. The Morgan fingerprint density at radius 2 is 1.71 bits per heavy atom. The minimum Gasteiger partial charge on any atom is -0.362 e. The van der Waals surface area contributed by atoms with Gasteiger partial charge < -0.3 is 5.32 Å². The zero-order valence-corrected chi connectivity index (χ0v) is 4.61. The molecule has 0 bridgehead atoms. The topological polar surface area (TPSA) is 29.1 Å². The lowest BCUT2D eigenvalue weighted by molar-refractivity contribution is -0.109. The van der Waals surface area contributed by atoms with Crippen LogP contribution in [0.25, 0.3) is 0 Å². The number of hydrogen-bond acceptors (Lipinski definition) is 1. The lowest BCUT2D eigenvalue weighted by atomic mass is 11.0. The second kappa shape index (κ2) is 5.47. The van der Waals surface area contributed by atoms with Gasteiger partial charge in [0, 0.05) is 7.05 Å². The van der Waals surface area contributed by atoms with Crippen molar-refractivity contribution in [1.82, 2.24) is 5.32 Å². The molecular formula is C5H11NO. The van der Waals surface area contributed by atoms with Crippen LogP contribution in [-0.2, 0) is 4.79 Å². The fourth-order valence-electron chi connectivity index (χ4n) is 0. The van der Waals surface area contributed by atoms with Crippen molar-refractivity contribution >= 4 is 6.41 Å². The van der Waals surface area contributed by atoms with Crippen LogP contribution in [0.5, 0.6) is 0 Å². The minimum atomic E-state index is 0.625. The molecule has 0 aliphatic heterocycles. The molecule has 1 fully saturated rings. The molecule has 0 spiro atoms. The minimum absolute atomic E-state index is 0.625. The number of nitrogens with one attached hydrogen (secondary N) is 1. The first-order chi connectivity index (χ1) is 3.41. The molecule has 0 saturated heterocycles. The largest absolute Gasteiger partial charge is 0.362 e. The first kappa shape index (κ1) is 6.47. The van der Waals surface area contributed by atoms with E-state index in [1.54, 1.807) is 7.05 Å². The van der Waals surface area contributed by atoms with Crippen LogP contribution in [0.4, 0.5) is 0 Å². The molecule has 1 aliphatic rings. The van der Waals surface area contributed by atoms with Crippen LogP contribution in [0.3, 0.4) is 0 Å². The van der Waals surface area contributed by atoms with E-state index in [1.165, 1.54) is 19.3 Å². The second-order valence-corrected chi connectivity index (χ2v) is 1.47. The van der Waals surface area contributed by atoms with Gasteiger partial charge in [-0.1, -0.05) is 19.3 Å². The third-order valence-corrected chi connectivity index (χ3v) is 0.471. The Bertz CT molecular complexity index is 40.6. The quantitative estimate of drug-likeness (QED) is 0.480. The van der Waals surface area contributed by atoms with Crippen molar-refractivity contribution in [3.05, 3.63) is 0 Å². The van der Waals surface area contributed by atoms with Gasteiger partial charge in [0.1, 0.15) is 0 Å². The summed E-state index contributed by atoms with van der Waals surface area (Å²) < 4.78 is 0. The highest BCUT2D eigenvalue weighted by molar-refractivity contribution is 5.44. The van der Waals surface area contributed by atoms with Gasteiger partial charge >= 0.3 is 0 Å². The zero-order valence-electron chi connectivity index (χ0n) is 4.61. The number of amides is 1. The smallest absolute Gasteiger partial charge is 0.206 e. The molecule has 7 heavy (non-hydrogen) atoms. The third kappa shape index (κ3) is 30.5. The zero-order chi connectivity index (χ0) is 5.54. The van der Waals surface area contributed by atoms with E-state index in [4.69, 9.17) is 4.79 Å². The van der Waals surface area contributed by atoms with E-state index >= 15 is 0 Å². The van der Waals surface area contributed by atoms with Gasteiger partial charge in [0.2, 0.25) is 6.41 Å². The third-order valence-electron chi connectivity index (χ3n) is 0.471. The van der Waals surface area contributed by atoms with Crippen LogP contribution >= 0.6 is 0 Å². The Labute approximate surface area is 43.9 Å². The molecule has 0 aromatic heterocycles. The molecule has 1 aliphatic carbocycles. The summed E-state index contributed by atoms with van der Waals surface area (Å²) >= 11 is 0. The average Bonchev–Trinajstić information content (AvgIpc) is 2.47. The van der Waals surface area contributed by atoms with Gasteiger partial charge in [-0.05, 0) is 0 Å². The van der Waals surface area contributed by atoms with Gasteiger partial charge in [-0.25, -0.2) is 0 Å². The number of carbonyl (C=O) groups is 1. The summed E-state index contributed by atoms with van der Waals surface area (Å²) in [6.07, 6.45) is 5.12. The summed E-state index contributed by atoms with van der Waals surface area (Å²) in [5.41, 5.74) is 0. The molecule has 42 valence electrons. The van der Waals surface area contributed by atoms with Crippen LogP contribution < -0.4 is 5.32 Å². The van der Waals surface area contributed by atoms with Gasteiger partial charge in [0.25, 0.3) is 0 Å². The van der Waals surface area contributed by atoms with Crippen molar-refractivity contribution < 1.29 is 4.79 Å². The van der Waals surface area contributed by atoms with Crippen LogP contribution in [-0.4, -0.2) is 13.5 Å². The molecule has 0 heterocycles. The second-order valence-electron chi connectivity index (χ2n) is 1.47. The van der Waals surface area contributed by atoms with E-state index in [0.717, 1.165) is 0 Å². The molecule has 1 rings (SSSR count). The normalized spacial score (nSPS) is 13.3. The van der Waals surface area contributed by atoms with Gasteiger partial charge in [-0.2, -0.15) is 0 Å². The van der Waals surface area contributed by atoms with Crippen molar-refractivity contribution in [3.63, 3.8) is 0 Å². The maximum Gasteiger partial charge on any atom is 0.206 e. The van der Waals surface area contributed by atoms with Gasteiger partial charge in [0.15, 0.2) is 0 Å². The summed E-state index contributed by atoms with van der Waals surface area (Å²) in [6, 6.07) is 0. The lowest BCUT2D eigenvalue weighted by Gasteiger charge is -1.64. The maximum atomic E-state index is 9.06. The summed E-state index contributed by atoms with van der Waals surface area (Å²) in [5, 5.41) is 2.25. The van der Waals surface area contributed by atoms with E-state index < -0.39 is 0 Å². The summed E-state index contributed by atoms with van der Waals surface area (Å²) in [4.78, 5) is 9.06. The summed E-state index contributed by atoms with van der Waals surface area (Å²) in [6.45, 7) is 0. The Morgan fingerprint density at radius 1 is 1.43 bits per heavy atom. The monoisotopic (exact) mass is 101 g/mol. The van der Waals surface area contributed by atoms with Gasteiger partial charge in [0.05, 0.1) is 0 Å². The van der Waals surface area contributed by atoms with Crippen molar-refractivity contribution in [1.29, 1.82) is 0 Å². The van der Waals surface area contributed by atoms with Gasteiger partial charge in [-0.3, -0.25) is 4.79 Å². The molecule has 1 saturated carbocycles. The molecule has 0 aromatic carbocycles. The molecule has 0 atom stereocenters. The predicted octanol–water partition coefficient (Wildman–Crippen LogP) is 0.532. The first-order valence-corrected chi connectivity index (χ1v) is 2.52. The fraction of sp³-hybridized carbons (Fsp3) is 0.800. The Balaban J connectivity index is 0.000000105. The van der Waals surface area contributed by atoms with Gasteiger partial charge in [-0.15, -0.1) is 0 Å². The highest BCUT2D eigenvalue weighted by Crippen LogP contribution is 2.14. The highest BCUT2D eigenvalue weighted by Gasteiger charge is 1.95. The molecule has 0 aromatic rings. The summed E-state index contributed by atoms with van der Waals surface area (Å²) in [7, 11) is 1.56. The van der Waals surface area contributed by atoms with E-state index in [2.05, 4.69) is 5.32 Å². The van der Waals surface area contributed by atoms with E-state index in [1.807, 2.05) is 0 Å². The molecule has 0 radical (unpaired) electrons. The maximum absolute atomic E-state index is 9.06. The molecule has 2 heteroatoms. The fourth-order valence-corrected chi connectivity index (χ4v) is 0. The standard InChI is InChI=1S/C3H6.C2H5NO/c1-2-3-1;1-3-2-4/h1-3H2;2H,1H3,(H,3,4). The number of hydrogen-bond donors (Lipinski definition) is 1. The number of carbonyl (C=O) groups excluding carboxylic acids is 1. The number of rotatable bonds is 1. The SMILES string of the molecule is C1CC1.CNC=O. The Kier molecular flexibility index (Phi) is 5.06. The van der Waals surface area contributed by atoms with Crippen molar-refractivity contribution in [2.24, 2.45) is 0 Å². The van der Waals surface area contributed by atoms with Crippen LogP contribution in [0.2, 0.25) is 0 Å². The Morgan fingerprint density at radius 3 is 1.71 bits per heavy atom. The molecule has 2 nitrogen and oxygen atoms in total. The molecule has 0 unspecified atom stereocenters. The van der Waals surface area contributed by atoms with E-state index in [9.17, 15) is 0 Å². The molecule has 1 amide bonds. The lowest BCUT2D eigenvalue weighted by Crippen LogP contribution is -1.98. The highest BCUT2D eigenvalue weighted by atomic mass is 16.1. The molecular weight excluding hydrogens is 90.1 g/mol. The van der Waals surface area contributed by atoms with Crippen LogP contribution in [0.15, 0.2) is 0 Å². The van der Waals surface area contributed by atoms with Crippen LogP contribution in [0, 0.1) is 0 Å².